The van der Waals surface area contributed by atoms with Gasteiger partial charge in [0.15, 0.2) is 0 Å². The smallest absolute Gasteiger partial charge is 0.307 e. The molecular formula is C13H17N3O2S. The van der Waals surface area contributed by atoms with Crippen LogP contribution in [0.4, 0.5) is 0 Å². The van der Waals surface area contributed by atoms with Crippen LogP contribution >= 0.6 is 11.3 Å². The summed E-state index contributed by atoms with van der Waals surface area (Å²) in [6.07, 6.45) is 3.91. The normalized spacial score (nSPS) is 12.3. The number of aromatic nitrogens is 2. The molecule has 1 unspecified atom stereocenters. The molecule has 2 heterocycles. The fourth-order valence-corrected chi connectivity index (χ4v) is 2.60. The fraction of sp³-hybridized carbons (Fsp3) is 0.385. The number of ether oxygens (including phenoxy) is 1. The molecule has 2 aromatic rings. The van der Waals surface area contributed by atoms with Crippen molar-refractivity contribution in [1.29, 1.82) is 0 Å². The van der Waals surface area contributed by atoms with Gasteiger partial charge in [0.25, 0.3) is 0 Å². The van der Waals surface area contributed by atoms with Gasteiger partial charge in [0, 0.05) is 24.7 Å². The highest BCUT2D eigenvalue weighted by molar-refractivity contribution is 7.10. The second kappa shape index (κ2) is 6.49. The fourth-order valence-electron chi connectivity index (χ4n) is 1.80. The quantitative estimate of drug-likeness (QED) is 0.820. The van der Waals surface area contributed by atoms with Crippen molar-refractivity contribution in [2.75, 3.05) is 7.11 Å². The first-order valence-electron chi connectivity index (χ1n) is 5.99. The molecule has 0 aliphatic heterocycles. The number of hydrogen-bond acceptors (Lipinski definition) is 5. The Hall–Kier alpha value is -1.66. The summed E-state index contributed by atoms with van der Waals surface area (Å²) >= 11 is 1.63. The molecular weight excluding hydrogens is 262 g/mol. The van der Waals surface area contributed by atoms with E-state index in [-0.39, 0.29) is 12.0 Å². The van der Waals surface area contributed by atoms with Gasteiger partial charge in [-0.25, -0.2) is 4.98 Å². The molecule has 0 aliphatic carbocycles. The van der Waals surface area contributed by atoms with E-state index < -0.39 is 0 Å². The lowest BCUT2D eigenvalue weighted by molar-refractivity contribution is -0.141. The number of methoxy groups -OCH3 is 1. The Balaban J connectivity index is 2.02. The number of imidazole rings is 1. The van der Waals surface area contributed by atoms with Gasteiger partial charge in [0.2, 0.25) is 0 Å². The van der Waals surface area contributed by atoms with E-state index in [9.17, 15) is 4.79 Å². The lowest BCUT2D eigenvalue weighted by Crippen LogP contribution is -2.24. The van der Waals surface area contributed by atoms with E-state index >= 15 is 0 Å². The van der Waals surface area contributed by atoms with Crippen molar-refractivity contribution in [3.63, 3.8) is 0 Å². The number of nitrogens with zero attached hydrogens (tertiary/aromatic N) is 2. The van der Waals surface area contributed by atoms with Crippen molar-refractivity contribution in [3.05, 3.63) is 40.6 Å². The maximum Gasteiger partial charge on any atom is 0.307 e. The summed E-state index contributed by atoms with van der Waals surface area (Å²) in [7, 11) is 3.36. The van der Waals surface area contributed by atoms with Gasteiger partial charge in [0.1, 0.15) is 0 Å². The standard InChI is InChI=1S/C13H17N3O2S/c1-16-9-14-7-10(16)8-15-11(6-13(17)18-2)12-4-3-5-19-12/h3-5,7,9,11,15H,6,8H2,1-2H3. The molecule has 1 N–H and O–H groups in total. The van der Waals surface area contributed by atoms with E-state index in [1.807, 2.05) is 35.3 Å². The van der Waals surface area contributed by atoms with E-state index in [0.717, 1.165) is 10.6 Å². The number of nitrogens with one attached hydrogen (secondary N) is 1. The molecule has 2 rings (SSSR count). The SMILES string of the molecule is COC(=O)CC(NCc1cncn1C)c1cccs1. The van der Waals surface area contributed by atoms with Crippen LogP contribution in [-0.4, -0.2) is 22.6 Å². The number of thiophene rings is 1. The second-order valence-corrected chi connectivity index (χ2v) is 5.20. The molecule has 19 heavy (non-hydrogen) atoms. The molecule has 0 spiro atoms. The van der Waals surface area contributed by atoms with Crippen molar-refractivity contribution in [2.24, 2.45) is 7.05 Å². The van der Waals surface area contributed by atoms with E-state index in [2.05, 4.69) is 10.3 Å². The van der Waals surface area contributed by atoms with Gasteiger partial charge in [-0.05, 0) is 11.4 Å². The third-order valence-electron chi connectivity index (χ3n) is 2.93. The predicted octanol–water partition coefficient (Wildman–Crippen LogP) is 1.88. The van der Waals surface area contributed by atoms with Gasteiger partial charge < -0.3 is 14.6 Å². The molecule has 0 bridgehead atoms. The van der Waals surface area contributed by atoms with Crippen LogP contribution in [0.5, 0.6) is 0 Å². The zero-order valence-electron chi connectivity index (χ0n) is 11.0. The predicted molar refractivity (Wildman–Crippen MR) is 73.7 cm³/mol. The van der Waals surface area contributed by atoms with Crippen molar-refractivity contribution in [2.45, 2.75) is 19.0 Å². The summed E-state index contributed by atoms with van der Waals surface area (Å²) < 4.78 is 6.70. The third kappa shape index (κ3) is 3.65. The van der Waals surface area contributed by atoms with Gasteiger partial charge in [-0.2, -0.15) is 0 Å². The Kier molecular flexibility index (Phi) is 4.70. The van der Waals surface area contributed by atoms with Gasteiger partial charge in [0.05, 0.1) is 31.6 Å². The molecule has 102 valence electrons. The molecule has 0 fully saturated rings. The summed E-state index contributed by atoms with van der Waals surface area (Å²) in [5.41, 5.74) is 1.08. The third-order valence-corrected chi connectivity index (χ3v) is 3.92. The van der Waals surface area contributed by atoms with E-state index in [1.165, 1.54) is 7.11 Å². The first kappa shape index (κ1) is 13.8. The van der Waals surface area contributed by atoms with Gasteiger partial charge in [-0.1, -0.05) is 6.07 Å². The molecule has 1 atom stereocenters. The number of rotatable bonds is 6. The number of hydrogen-bond donors (Lipinski definition) is 1. The van der Waals surface area contributed by atoms with Gasteiger partial charge in [-0.3, -0.25) is 4.79 Å². The Bertz CT molecular complexity index is 522. The van der Waals surface area contributed by atoms with E-state index in [0.29, 0.717) is 13.0 Å². The molecule has 0 aromatic carbocycles. The van der Waals surface area contributed by atoms with Crippen LogP contribution in [0.25, 0.3) is 0 Å². The Labute approximate surface area is 116 Å². The molecule has 0 radical (unpaired) electrons. The Morgan fingerprint density at radius 3 is 3.05 bits per heavy atom. The van der Waals surface area contributed by atoms with Crippen molar-refractivity contribution in [3.8, 4) is 0 Å². The van der Waals surface area contributed by atoms with Crippen LogP contribution in [-0.2, 0) is 23.1 Å². The van der Waals surface area contributed by atoms with Crippen LogP contribution in [0.1, 0.15) is 23.0 Å². The summed E-state index contributed by atoms with van der Waals surface area (Å²) in [5, 5.41) is 5.38. The number of carbonyl (C=O) groups excluding carboxylic acids is 1. The summed E-state index contributed by atoms with van der Waals surface area (Å²) in [4.78, 5) is 16.7. The average molecular weight is 279 g/mol. The number of carbonyl (C=O) groups is 1. The number of esters is 1. The van der Waals surface area contributed by atoms with Crippen molar-refractivity contribution < 1.29 is 9.53 Å². The maximum absolute atomic E-state index is 11.5. The Morgan fingerprint density at radius 1 is 1.63 bits per heavy atom. The lowest BCUT2D eigenvalue weighted by atomic mass is 10.1. The first-order valence-corrected chi connectivity index (χ1v) is 6.87. The molecule has 0 aliphatic rings. The molecule has 5 nitrogen and oxygen atoms in total. The second-order valence-electron chi connectivity index (χ2n) is 4.23. The minimum atomic E-state index is -0.212. The molecule has 0 amide bonds. The van der Waals surface area contributed by atoms with Crippen LogP contribution in [0.15, 0.2) is 30.0 Å². The molecule has 0 saturated carbocycles. The van der Waals surface area contributed by atoms with Crippen LogP contribution in [0, 0.1) is 0 Å². The van der Waals surface area contributed by atoms with Crippen LogP contribution in [0.3, 0.4) is 0 Å². The van der Waals surface area contributed by atoms with Crippen LogP contribution < -0.4 is 5.32 Å². The first-order chi connectivity index (χ1) is 9.20. The maximum atomic E-state index is 11.5. The summed E-state index contributed by atoms with van der Waals surface area (Å²) in [6.45, 7) is 0.663. The van der Waals surface area contributed by atoms with E-state index in [4.69, 9.17) is 4.74 Å². The van der Waals surface area contributed by atoms with Crippen molar-refractivity contribution in [1.82, 2.24) is 14.9 Å². The monoisotopic (exact) mass is 279 g/mol. The average Bonchev–Trinajstić information content (AvgIpc) is 3.06. The topological polar surface area (TPSA) is 56.1 Å². The minimum Gasteiger partial charge on any atom is -0.469 e. The van der Waals surface area contributed by atoms with Gasteiger partial charge in [-0.15, -0.1) is 11.3 Å². The highest BCUT2D eigenvalue weighted by Gasteiger charge is 2.17. The zero-order chi connectivity index (χ0) is 13.7. The van der Waals surface area contributed by atoms with Gasteiger partial charge >= 0.3 is 5.97 Å². The lowest BCUT2D eigenvalue weighted by Gasteiger charge is -2.16. The number of aryl methyl sites for hydroxylation is 1. The molecule has 6 heteroatoms. The van der Waals surface area contributed by atoms with Crippen LogP contribution in [0.2, 0.25) is 0 Å². The highest BCUT2D eigenvalue weighted by Crippen LogP contribution is 2.22. The summed E-state index contributed by atoms with van der Waals surface area (Å²) in [6, 6.07) is 3.98. The van der Waals surface area contributed by atoms with E-state index in [1.54, 1.807) is 17.7 Å². The Morgan fingerprint density at radius 2 is 2.47 bits per heavy atom. The largest absolute Gasteiger partial charge is 0.469 e. The highest BCUT2D eigenvalue weighted by atomic mass is 32.1. The molecule has 0 saturated heterocycles. The minimum absolute atomic E-state index is 0.0256. The zero-order valence-corrected chi connectivity index (χ0v) is 11.8. The molecule has 2 aromatic heterocycles. The van der Waals surface area contributed by atoms with Crippen molar-refractivity contribution >= 4 is 17.3 Å². The summed E-state index contributed by atoms with van der Waals surface area (Å²) in [5.74, 6) is -0.212.